The van der Waals surface area contributed by atoms with Gasteiger partial charge in [-0.25, -0.2) is 0 Å². The first kappa shape index (κ1) is 14.0. The van der Waals surface area contributed by atoms with Crippen molar-refractivity contribution >= 4 is 0 Å². The molecular weight excluding hydrogens is 172 g/mol. The third-order valence-corrected chi connectivity index (χ3v) is 3.25. The van der Waals surface area contributed by atoms with Crippen molar-refractivity contribution in [2.24, 2.45) is 11.3 Å². The van der Waals surface area contributed by atoms with Crippen molar-refractivity contribution in [1.29, 1.82) is 0 Å². The average Bonchev–Trinajstić information content (AvgIpc) is 2.02. The number of aliphatic hydroxyl groups is 1. The maximum absolute atomic E-state index is 10.3. The summed E-state index contributed by atoms with van der Waals surface area (Å²) in [5.41, 5.74) is -0.146. The van der Waals surface area contributed by atoms with Crippen LogP contribution in [-0.4, -0.2) is 10.7 Å². The minimum Gasteiger partial charge on any atom is -0.390 e. The molecule has 0 aliphatic carbocycles. The zero-order chi connectivity index (χ0) is 11.4. The van der Waals surface area contributed by atoms with E-state index in [1.807, 2.05) is 6.92 Å². The standard InChI is InChI=1S/C13H28O/c1-7-11(8-2)13(6,14)10-9-12(3,4)5/h11,14H,7-10H2,1-6H3. The van der Waals surface area contributed by atoms with Crippen molar-refractivity contribution in [2.45, 2.75) is 72.8 Å². The van der Waals surface area contributed by atoms with Gasteiger partial charge in [-0.05, 0) is 31.1 Å². The number of hydrogen-bond donors (Lipinski definition) is 1. The summed E-state index contributed by atoms with van der Waals surface area (Å²) in [5, 5.41) is 10.3. The molecule has 0 saturated carbocycles. The second-order valence-electron chi connectivity index (χ2n) is 5.93. The Morgan fingerprint density at radius 1 is 0.929 bits per heavy atom. The Bertz CT molecular complexity index is 149. The summed E-state index contributed by atoms with van der Waals surface area (Å²) in [6.45, 7) is 13.0. The molecule has 0 aliphatic heterocycles. The lowest BCUT2D eigenvalue weighted by atomic mass is 9.77. The normalized spacial score (nSPS) is 17.1. The fraction of sp³-hybridized carbons (Fsp3) is 1.00. The molecule has 0 rings (SSSR count). The first-order chi connectivity index (χ1) is 6.23. The van der Waals surface area contributed by atoms with Gasteiger partial charge in [-0.3, -0.25) is 0 Å². The molecule has 1 unspecified atom stereocenters. The molecule has 0 saturated heterocycles. The highest BCUT2D eigenvalue weighted by Crippen LogP contribution is 2.32. The SMILES string of the molecule is CCC(CC)C(C)(O)CCC(C)(C)C. The smallest absolute Gasteiger partial charge is 0.0647 e. The van der Waals surface area contributed by atoms with E-state index in [0.717, 1.165) is 25.7 Å². The quantitative estimate of drug-likeness (QED) is 0.711. The largest absolute Gasteiger partial charge is 0.390 e. The van der Waals surface area contributed by atoms with Gasteiger partial charge in [0.25, 0.3) is 0 Å². The summed E-state index contributed by atoms with van der Waals surface area (Å²) in [4.78, 5) is 0. The second-order valence-corrected chi connectivity index (χ2v) is 5.93. The summed E-state index contributed by atoms with van der Waals surface area (Å²) in [6.07, 6.45) is 4.17. The average molecular weight is 200 g/mol. The maximum Gasteiger partial charge on any atom is 0.0647 e. The third-order valence-electron chi connectivity index (χ3n) is 3.25. The van der Waals surface area contributed by atoms with Crippen molar-refractivity contribution < 1.29 is 5.11 Å². The van der Waals surface area contributed by atoms with Crippen LogP contribution in [0.2, 0.25) is 0 Å². The van der Waals surface area contributed by atoms with E-state index < -0.39 is 5.60 Å². The van der Waals surface area contributed by atoms with Gasteiger partial charge in [0.15, 0.2) is 0 Å². The van der Waals surface area contributed by atoms with E-state index >= 15 is 0 Å². The van der Waals surface area contributed by atoms with Crippen LogP contribution in [0.5, 0.6) is 0 Å². The molecule has 0 aromatic carbocycles. The molecule has 0 aromatic rings. The molecule has 14 heavy (non-hydrogen) atoms. The molecule has 0 spiro atoms. The molecule has 0 amide bonds. The molecule has 0 radical (unpaired) electrons. The Kier molecular flexibility index (Phi) is 5.14. The van der Waals surface area contributed by atoms with E-state index in [9.17, 15) is 5.11 Å². The molecular formula is C13H28O. The fourth-order valence-corrected chi connectivity index (χ4v) is 2.00. The fourth-order valence-electron chi connectivity index (χ4n) is 2.00. The van der Waals surface area contributed by atoms with Crippen LogP contribution in [0, 0.1) is 11.3 Å². The van der Waals surface area contributed by atoms with Crippen LogP contribution in [0.25, 0.3) is 0 Å². The van der Waals surface area contributed by atoms with Crippen LogP contribution in [0.15, 0.2) is 0 Å². The van der Waals surface area contributed by atoms with Gasteiger partial charge in [0, 0.05) is 0 Å². The molecule has 0 fully saturated rings. The summed E-state index contributed by atoms with van der Waals surface area (Å²) in [6, 6.07) is 0. The van der Waals surface area contributed by atoms with E-state index in [4.69, 9.17) is 0 Å². The molecule has 86 valence electrons. The second kappa shape index (κ2) is 5.16. The Morgan fingerprint density at radius 3 is 1.64 bits per heavy atom. The highest BCUT2D eigenvalue weighted by molar-refractivity contribution is 4.82. The minimum absolute atomic E-state index is 0.329. The number of hydrogen-bond acceptors (Lipinski definition) is 1. The zero-order valence-corrected chi connectivity index (χ0v) is 10.9. The first-order valence-electron chi connectivity index (χ1n) is 5.95. The van der Waals surface area contributed by atoms with Crippen molar-refractivity contribution in [3.8, 4) is 0 Å². The van der Waals surface area contributed by atoms with Gasteiger partial charge in [-0.1, -0.05) is 47.5 Å². The Hall–Kier alpha value is -0.0400. The number of rotatable bonds is 5. The van der Waals surface area contributed by atoms with E-state index in [1.165, 1.54) is 0 Å². The summed E-state index contributed by atoms with van der Waals surface area (Å²) in [7, 11) is 0. The summed E-state index contributed by atoms with van der Waals surface area (Å²) in [5.74, 6) is 0.449. The van der Waals surface area contributed by atoms with Crippen LogP contribution in [0.1, 0.15) is 67.2 Å². The first-order valence-corrected chi connectivity index (χ1v) is 5.95. The predicted octanol–water partition coefficient (Wildman–Crippen LogP) is 4.00. The van der Waals surface area contributed by atoms with Crippen molar-refractivity contribution in [2.75, 3.05) is 0 Å². The molecule has 0 heterocycles. The minimum atomic E-state index is -0.475. The van der Waals surface area contributed by atoms with Crippen LogP contribution in [0.3, 0.4) is 0 Å². The van der Waals surface area contributed by atoms with Crippen molar-refractivity contribution in [3.05, 3.63) is 0 Å². The summed E-state index contributed by atoms with van der Waals surface area (Å²) >= 11 is 0. The van der Waals surface area contributed by atoms with Gasteiger partial charge in [0.2, 0.25) is 0 Å². The van der Waals surface area contributed by atoms with Gasteiger partial charge in [0.1, 0.15) is 0 Å². The topological polar surface area (TPSA) is 20.2 Å². The molecule has 0 aromatic heterocycles. The van der Waals surface area contributed by atoms with Gasteiger partial charge in [-0.2, -0.15) is 0 Å². The summed E-state index contributed by atoms with van der Waals surface area (Å²) < 4.78 is 0. The van der Waals surface area contributed by atoms with Crippen LogP contribution in [0.4, 0.5) is 0 Å². The van der Waals surface area contributed by atoms with Gasteiger partial charge in [0.05, 0.1) is 5.60 Å². The highest BCUT2D eigenvalue weighted by Gasteiger charge is 2.30. The van der Waals surface area contributed by atoms with Gasteiger partial charge >= 0.3 is 0 Å². The monoisotopic (exact) mass is 200 g/mol. The van der Waals surface area contributed by atoms with Gasteiger partial charge in [-0.15, -0.1) is 0 Å². The molecule has 1 atom stereocenters. The molecule has 0 aliphatic rings. The van der Waals surface area contributed by atoms with E-state index in [-0.39, 0.29) is 0 Å². The predicted molar refractivity (Wildman–Crippen MR) is 63.4 cm³/mol. The van der Waals surface area contributed by atoms with Crippen molar-refractivity contribution in [1.82, 2.24) is 0 Å². The van der Waals surface area contributed by atoms with E-state index in [0.29, 0.717) is 11.3 Å². The Balaban J connectivity index is 4.18. The molecule has 1 N–H and O–H groups in total. The van der Waals surface area contributed by atoms with Crippen LogP contribution >= 0.6 is 0 Å². The third kappa shape index (κ3) is 4.99. The van der Waals surface area contributed by atoms with E-state index in [1.54, 1.807) is 0 Å². The highest BCUT2D eigenvalue weighted by atomic mass is 16.3. The van der Waals surface area contributed by atoms with Gasteiger partial charge < -0.3 is 5.11 Å². The van der Waals surface area contributed by atoms with E-state index in [2.05, 4.69) is 34.6 Å². The zero-order valence-electron chi connectivity index (χ0n) is 10.9. The van der Waals surface area contributed by atoms with Crippen LogP contribution in [-0.2, 0) is 0 Å². The Labute approximate surface area is 89.9 Å². The van der Waals surface area contributed by atoms with Crippen LogP contribution < -0.4 is 0 Å². The maximum atomic E-state index is 10.3. The van der Waals surface area contributed by atoms with Crippen molar-refractivity contribution in [3.63, 3.8) is 0 Å². The lowest BCUT2D eigenvalue weighted by Crippen LogP contribution is -2.35. The Morgan fingerprint density at radius 2 is 1.36 bits per heavy atom. The molecule has 0 bridgehead atoms. The lowest BCUT2D eigenvalue weighted by molar-refractivity contribution is -0.0203. The molecule has 1 nitrogen and oxygen atoms in total. The lowest BCUT2D eigenvalue weighted by Gasteiger charge is -2.34. The molecule has 1 heteroatoms.